The Morgan fingerprint density at radius 3 is 1.86 bits per heavy atom. The summed E-state index contributed by atoms with van der Waals surface area (Å²) in [6.45, 7) is 12.4. The quantitative estimate of drug-likeness (QED) is 0.629. The second kappa shape index (κ2) is 6.93. The summed E-state index contributed by atoms with van der Waals surface area (Å²) in [4.78, 5) is 19.3. The summed E-state index contributed by atoms with van der Waals surface area (Å²) in [5.41, 5.74) is 3.88. The Bertz CT molecular complexity index is 1020. The summed E-state index contributed by atoms with van der Waals surface area (Å²) in [6, 6.07) is 15.5. The second-order valence-corrected chi connectivity index (χ2v) is 9.27. The maximum Gasteiger partial charge on any atom is 0.345 e. The van der Waals surface area contributed by atoms with Crippen molar-refractivity contribution in [3.05, 3.63) is 70.1 Å². The van der Waals surface area contributed by atoms with Gasteiger partial charge >= 0.3 is 5.69 Å². The maximum atomic E-state index is 12.3. The van der Waals surface area contributed by atoms with E-state index in [0.717, 1.165) is 27.9 Å². The number of phenolic OH excluding ortho intramolecular Hbond substituents is 1. The minimum atomic E-state index is -0.390. The minimum absolute atomic E-state index is 0.246. The predicted octanol–water partition coefficient (Wildman–Crippen LogP) is 5.40. The summed E-state index contributed by atoms with van der Waals surface area (Å²) in [6.07, 6.45) is 0. The number of phenols is 1. The Hall–Kier alpha value is -2.88. The highest BCUT2D eigenvalue weighted by molar-refractivity contribution is 5.70. The Morgan fingerprint density at radius 1 is 0.821 bits per heavy atom. The van der Waals surface area contributed by atoms with Crippen molar-refractivity contribution in [2.45, 2.75) is 52.4 Å². The molecular weight excluding hydrogens is 348 g/mol. The van der Waals surface area contributed by atoms with E-state index in [1.807, 2.05) is 48.5 Å². The molecule has 0 amide bonds. The number of aromatic nitrogens is 2. The van der Waals surface area contributed by atoms with Crippen molar-refractivity contribution in [2.24, 2.45) is 0 Å². The first kappa shape index (κ1) is 19.9. The largest absolute Gasteiger partial charge is 0.507 e. The van der Waals surface area contributed by atoms with Crippen LogP contribution in [-0.2, 0) is 10.8 Å². The molecule has 3 rings (SSSR count). The van der Waals surface area contributed by atoms with Crippen LogP contribution in [0.2, 0.25) is 0 Å². The van der Waals surface area contributed by atoms with Gasteiger partial charge in [0, 0.05) is 16.7 Å². The molecule has 0 saturated heterocycles. The van der Waals surface area contributed by atoms with Gasteiger partial charge in [-0.05, 0) is 34.6 Å². The SMILES string of the molecule is CC(C)(C)c1cc(-c2cc(-c3ccccc3)[nH]c(=O)n2)cc(C(C)(C)C)c1O. The van der Waals surface area contributed by atoms with E-state index in [4.69, 9.17) is 0 Å². The first-order valence-corrected chi connectivity index (χ1v) is 9.52. The lowest BCUT2D eigenvalue weighted by Gasteiger charge is -2.28. The van der Waals surface area contributed by atoms with E-state index in [1.54, 1.807) is 0 Å². The van der Waals surface area contributed by atoms with Gasteiger partial charge in [-0.25, -0.2) is 4.79 Å². The smallest absolute Gasteiger partial charge is 0.345 e. The highest BCUT2D eigenvalue weighted by Crippen LogP contribution is 2.41. The van der Waals surface area contributed by atoms with E-state index in [9.17, 15) is 9.90 Å². The standard InChI is InChI=1S/C24H28N2O2/c1-23(2,3)17-12-16(13-18(21(17)27)24(4,5)6)20-14-19(25-22(28)26-20)15-10-8-7-9-11-15/h7-14,27H,1-6H3,(H,25,26,28). The molecule has 0 aliphatic carbocycles. The Kier molecular flexibility index (Phi) is 4.92. The number of aromatic amines is 1. The Morgan fingerprint density at radius 2 is 1.36 bits per heavy atom. The molecule has 0 saturated carbocycles. The van der Waals surface area contributed by atoms with Gasteiger partial charge in [-0.3, -0.25) is 0 Å². The molecule has 0 aliphatic heterocycles. The van der Waals surface area contributed by atoms with Crippen LogP contribution >= 0.6 is 0 Å². The zero-order valence-electron chi connectivity index (χ0n) is 17.4. The van der Waals surface area contributed by atoms with Crippen molar-refractivity contribution in [2.75, 3.05) is 0 Å². The highest BCUT2D eigenvalue weighted by Gasteiger charge is 2.27. The molecule has 0 fully saturated rings. The molecule has 0 spiro atoms. The van der Waals surface area contributed by atoms with E-state index >= 15 is 0 Å². The van der Waals surface area contributed by atoms with E-state index in [-0.39, 0.29) is 16.5 Å². The molecule has 2 N–H and O–H groups in total. The van der Waals surface area contributed by atoms with Crippen LogP contribution < -0.4 is 5.69 Å². The monoisotopic (exact) mass is 376 g/mol. The van der Waals surface area contributed by atoms with Gasteiger partial charge in [0.15, 0.2) is 0 Å². The van der Waals surface area contributed by atoms with Crippen molar-refractivity contribution in [3.8, 4) is 28.3 Å². The molecule has 1 heterocycles. The summed E-state index contributed by atoms with van der Waals surface area (Å²) in [5.74, 6) is 0.317. The third-order valence-electron chi connectivity index (χ3n) is 4.85. The number of benzene rings is 2. The van der Waals surface area contributed by atoms with Crippen molar-refractivity contribution in [3.63, 3.8) is 0 Å². The van der Waals surface area contributed by atoms with Gasteiger partial charge in [0.1, 0.15) is 5.75 Å². The molecule has 146 valence electrons. The molecule has 0 atom stereocenters. The fourth-order valence-electron chi connectivity index (χ4n) is 3.30. The van der Waals surface area contributed by atoms with E-state index < -0.39 is 0 Å². The average Bonchev–Trinajstić information content (AvgIpc) is 2.60. The number of nitrogens with one attached hydrogen (secondary N) is 1. The Balaban J connectivity index is 2.27. The van der Waals surface area contributed by atoms with Gasteiger partial charge in [-0.2, -0.15) is 4.98 Å². The van der Waals surface area contributed by atoms with Crippen LogP contribution in [-0.4, -0.2) is 15.1 Å². The van der Waals surface area contributed by atoms with Crippen LogP contribution in [0.5, 0.6) is 5.75 Å². The van der Waals surface area contributed by atoms with Crippen molar-refractivity contribution in [1.82, 2.24) is 9.97 Å². The molecular formula is C24H28N2O2. The second-order valence-electron chi connectivity index (χ2n) is 9.27. The minimum Gasteiger partial charge on any atom is -0.507 e. The van der Waals surface area contributed by atoms with Gasteiger partial charge in [-0.15, -0.1) is 0 Å². The average molecular weight is 377 g/mol. The zero-order chi connectivity index (χ0) is 20.7. The fourth-order valence-corrected chi connectivity index (χ4v) is 3.30. The van der Waals surface area contributed by atoms with E-state index in [0.29, 0.717) is 11.4 Å². The number of aromatic hydroxyl groups is 1. The van der Waals surface area contributed by atoms with Crippen LogP contribution in [0.25, 0.3) is 22.5 Å². The topological polar surface area (TPSA) is 66.0 Å². The Labute approximate surface area is 166 Å². The fraction of sp³-hybridized carbons (Fsp3) is 0.333. The van der Waals surface area contributed by atoms with Gasteiger partial charge in [-0.1, -0.05) is 71.9 Å². The summed E-state index contributed by atoms with van der Waals surface area (Å²) >= 11 is 0. The summed E-state index contributed by atoms with van der Waals surface area (Å²) in [5, 5.41) is 10.9. The lowest BCUT2D eigenvalue weighted by molar-refractivity contribution is 0.423. The van der Waals surface area contributed by atoms with Gasteiger partial charge < -0.3 is 10.1 Å². The number of hydrogen-bond donors (Lipinski definition) is 2. The molecule has 0 aliphatic rings. The number of hydrogen-bond acceptors (Lipinski definition) is 3. The third kappa shape index (κ3) is 4.01. The predicted molar refractivity (Wildman–Crippen MR) is 115 cm³/mol. The van der Waals surface area contributed by atoms with Crippen LogP contribution in [0, 0.1) is 0 Å². The van der Waals surface area contributed by atoms with Crippen molar-refractivity contribution < 1.29 is 5.11 Å². The molecule has 28 heavy (non-hydrogen) atoms. The first-order valence-electron chi connectivity index (χ1n) is 9.52. The summed E-state index contributed by atoms with van der Waals surface area (Å²) in [7, 11) is 0. The zero-order valence-corrected chi connectivity index (χ0v) is 17.4. The van der Waals surface area contributed by atoms with Gasteiger partial charge in [0.25, 0.3) is 0 Å². The lowest BCUT2D eigenvalue weighted by atomic mass is 9.78. The number of nitrogens with zero attached hydrogens (tertiary/aromatic N) is 1. The van der Waals surface area contributed by atoms with Crippen LogP contribution in [0.3, 0.4) is 0 Å². The van der Waals surface area contributed by atoms with E-state index in [1.165, 1.54) is 0 Å². The molecule has 0 unspecified atom stereocenters. The van der Waals surface area contributed by atoms with Crippen molar-refractivity contribution in [1.29, 1.82) is 0 Å². The van der Waals surface area contributed by atoms with Gasteiger partial charge in [0.2, 0.25) is 0 Å². The van der Waals surface area contributed by atoms with Crippen LogP contribution in [0.4, 0.5) is 0 Å². The molecule has 2 aromatic carbocycles. The molecule has 0 radical (unpaired) electrons. The third-order valence-corrected chi connectivity index (χ3v) is 4.85. The molecule has 4 heteroatoms. The highest BCUT2D eigenvalue weighted by atomic mass is 16.3. The number of rotatable bonds is 2. The van der Waals surface area contributed by atoms with Crippen molar-refractivity contribution >= 4 is 0 Å². The molecule has 4 nitrogen and oxygen atoms in total. The first-order chi connectivity index (χ1) is 13.0. The normalized spacial score (nSPS) is 12.2. The summed E-state index contributed by atoms with van der Waals surface area (Å²) < 4.78 is 0. The van der Waals surface area contributed by atoms with Crippen LogP contribution in [0.1, 0.15) is 52.7 Å². The number of H-pyrrole nitrogens is 1. The maximum absolute atomic E-state index is 12.3. The molecule has 0 bridgehead atoms. The molecule has 3 aromatic rings. The molecule has 1 aromatic heterocycles. The van der Waals surface area contributed by atoms with Crippen LogP contribution in [0.15, 0.2) is 53.3 Å². The van der Waals surface area contributed by atoms with E-state index in [2.05, 4.69) is 51.5 Å². The van der Waals surface area contributed by atoms with Gasteiger partial charge in [0.05, 0.1) is 11.4 Å². The lowest BCUT2D eigenvalue weighted by Crippen LogP contribution is -2.18.